The summed E-state index contributed by atoms with van der Waals surface area (Å²) in [4.78, 5) is 0. The SMILES string of the molecule is CCCc1nnc2n1N1C(=CSC1c1ccc3c(c1)OCO3)S2. The lowest BCUT2D eigenvalue weighted by Gasteiger charge is -2.26. The van der Waals surface area contributed by atoms with Gasteiger partial charge >= 0.3 is 0 Å². The summed E-state index contributed by atoms with van der Waals surface area (Å²) in [6.45, 7) is 2.46. The fourth-order valence-corrected chi connectivity index (χ4v) is 5.19. The van der Waals surface area contributed by atoms with E-state index in [1.54, 1.807) is 23.5 Å². The van der Waals surface area contributed by atoms with Gasteiger partial charge in [0.15, 0.2) is 17.3 Å². The molecule has 0 bridgehead atoms. The van der Waals surface area contributed by atoms with Crippen LogP contribution in [-0.2, 0) is 6.42 Å². The molecule has 0 N–H and O–H groups in total. The molecule has 3 aliphatic rings. The predicted molar refractivity (Wildman–Crippen MR) is 89.1 cm³/mol. The van der Waals surface area contributed by atoms with Crippen LogP contribution >= 0.6 is 23.5 Å². The Morgan fingerprint density at radius 1 is 1.26 bits per heavy atom. The van der Waals surface area contributed by atoms with Gasteiger partial charge in [-0.1, -0.05) is 24.8 Å². The number of benzene rings is 1. The number of rotatable bonds is 3. The molecule has 23 heavy (non-hydrogen) atoms. The number of nitrogens with zero attached hydrogens (tertiary/aromatic N) is 4. The topological polar surface area (TPSA) is 52.4 Å². The second kappa shape index (κ2) is 5.10. The third kappa shape index (κ3) is 1.98. The van der Waals surface area contributed by atoms with Crippen LogP contribution < -0.4 is 14.5 Å². The first-order chi connectivity index (χ1) is 11.3. The predicted octanol–water partition coefficient (Wildman–Crippen LogP) is 3.25. The maximum atomic E-state index is 5.52. The van der Waals surface area contributed by atoms with Crippen molar-refractivity contribution >= 4 is 23.5 Å². The molecule has 0 fully saturated rings. The lowest BCUT2D eigenvalue weighted by molar-refractivity contribution is 0.174. The average molecular weight is 346 g/mol. The van der Waals surface area contributed by atoms with E-state index in [4.69, 9.17) is 9.47 Å². The number of ether oxygens (including phenoxy) is 2. The molecule has 1 unspecified atom stereocenters. The Bertz CT molecular complexity index is 820. The van der Waals surface area contributed by atoms with Crippen LogP contribution in [0.2, 0.25) is 0 Å². The highest BCUT2D eigenvalue weighted by molar-refractivity contribution is 8.07. The van der Waals surface area contributed by atoms with E-state index in [0.29, 0.717) is 6.79 Å². The molecule has 1 aromatic carbocycles. The summed E-state index contributed by atoms with van der Waals surface area (Å²) in [5.41, 5.74) is 1.19. The summed E-state index contributed by atoms with van der Waals surface area (Å²) in [5, 5.41) is 15.5. The summed E-state index contributed by atoms with van der Waals surface area (Å²) < 4.78 is 13.1. The van der Waals surface area contributed by atoms with Crippen molar-refractivity contribution in [3.63, 3.8) is 0 Å². The molecule has 4 heterocycles. The molecule has 0 spiro atoms. The summed E-state index contributed by atoms with van der Waals surface area (Å²) in [6, 6.07) is 6.16. The number of aryl methyl sites for hydroxylation is 1. The van der Waals surface area contributed by atoms with Gasteiger partial charge in [-0.2, -0.15) is 0 Å². The van der Waals surface area contributed by atoms with Crippen LogP contribution in [0.15, 0.2) is 33.8 Å². The van der Waals surface area contributed by atoms with Crippen LogP contribution in [0.1, 0.15) is 30.1 Å². The van der Waals surface area contributed by atoms with E-state index in [1.165, 1.54) is 10.6 Å². The second-order valence-corrected chi connectivity index (χ2v) is 7.41. The van der Waals surface area contributed by atoms with Gasteiger partial charge in [0.2, 0.25) is 11.9 Å². The molecule has 0 radical (unpaired) electrons. The molecule has 2 aromatic rings. The number of hydrogen-bond acceptors (Lipinski definition) is 7. The minimum Gasteiger partial charge on any atom is -0.454 e. The Kier molecular flexibility index (Phi) is 3.02. The summed E-state index contributed by atoms with van der Waals surface area (Å²) in [6.07, 6.45) is 1.98. The highest BCUT2D eigenvalue weighted by Gasteiger charge is 2.39. The molecule has 0 saturated heterocycles. The van der Waals surface area contributed by atoms with Crippen molar-refractivity contribution in [2.24, 2.45) is 0 Å². The zero-order valence-corrected chi connectivity index (χ0v) is 14.1. The van der Waals surface area contributed by atoms with E-state index in [-0.39, 0.29) is 5.37 Å². The van der Waals surface area contributed by atoms with E-state index in [9.17, 15) is 0 Å². The highest BCUT2D eigenvalue weighted by Crippen LogP contribution is 2.52. The normalized spacial score (nSPS) is 20.7. The molecular formula is C15H14N4O2S2. The van der Waals surface area contributed by atoms with Crippen molar-refractivity contribution < 1.29 is 9.47 Å². The van der Waals surface area contributed by atoms with Gasteiger partial charge in [-0.25, -0.2) is 4.68 Å². The lowest BCUT2D eigenvalue weighted by atomic mass is 10.2. The maximum Gasteiger partial charge on any atom is 0.231 e. The highest BCUT2D eigenvalue weighted by atomic mass is 32.2. The molecular weight excluding hydrogens is 332 g/mol. The largest absolute Gasteiger partial charge is 0.454 e. The number of fused-ring (bicyclic) bond motifs is 4. The number of thioether (sulfide) groups is 2. The van der Waals surface area contributed by atoms with Gasteiger partial charge in [-0.05, 0) is 35.9 Å². The van der Waals surface area contributed by atoms with E-state index in [1.807, 2.05) is 6.07 Å². The standard InChI is InChI=1S/C15H14N4O2S2/c1-2-3-12-16-17-15-18(12)19-13(23-15)7-22-14(19)9-4-5-10-11(6-9)21-8-20-10/h4-7,14H,2-3,8H2,1H3. The Labute approximate surface area is 141 Å². The summed E-state index contributed by atoms with van der Waals surface area (Å²) in [5.74, 6) is 2.66. The van der Waals surface area contributed by atoms with Crippen molar-refractivity contribution in [1.29, 1.82) is 0 Å². The third-order valence-electron chi connectivity index (χ3n) is 3.99. The summed E-state index contributed by atoms with van der Waals surface area (Å²) >= 11 is 3.47. The maximum absolute atomic E-state index is 5.52. The third-order valence-corrected chi connectivity index (χ3v) is 6.18. The van der Waals surface area contributed by atoms with Crippen molar-refractivity contribution in [3.05, 3.63) is 40.0 Å². The Morgan fingerprint density at radius 3 is 3.09 bits per heavy atom. The van der Waals surface area contributed by atoms with Crippen molar-refractivity contribution in [1.82, 2.24) is 14.9 Å². The van der Waals surface area contributed by atoms with Gasteiger partial charge in [-0.15, -0.1) is 10.2 Å². The van der Waals surface area contributed by atoms with Crippen molar-refractivity contribution in [3.8, 4) is 11.5 Å². The van der Waals surface area contributed by atoms with E-state index in [2.05, 4.69) is 44.3 Å². The fraction of sp³-hybridized carbons (Fsp3) is 0.333. The van der Waals surface area contributed by atoms with Crippen LogP contribution in [0, 0.1) is 0 Å². The number of aromatic nitrogens is 3. The Morgan fingerprint density at radius 2 is 2.17 bits per heavy atom. The van der Waals surface area contributed by atoms with Crippen LogP contribution in [0.5, 0.6) is 11.5 Å². The first kappa shape index (κ1) is 13.6. The molecule has 8 heteroatoms. The second-order valence-electron chi connectivity index (χ2n) is 5.46. The Hall–Kier alpha value is -1.80. The van der Waals surface area contributed by atoms with Crippen molar-refractivity contribution in [2.75, 3.05) is 11.8 Å². The minimum absolute atomic E-state index is 0.167. The quantitative estimate of drug-likeness (QED) is 0.845. The van der Waals surface area contributed by atoms with Crippen molar-refractivity contribution in [2.45, 2.75) is 30.3 Å². The van der Waals surface area contributed by atoms with Gasteiger partial charge in [0.05, 0.1) is 0 Å². The first-order valence-corrected chi connectivity index (χ1v) is 9.28. The molecule has 0 amide bonds. The van der Waals surface area contributed by atoms with Crippen LogP contribution in [-0.4, -0.2) is 21.7 Å². The van der Waals surface area contributed by atoms with Gasteiger partial charge < -0.3 is 9.47 Å². The van der Waals surface area contributed by atoms with E-state index in [0.717, 1.165) is 35.3 Å². The van der Waals surface area contributed by atoms with E-state index >= 15 is 0 Å². The average Bonchev–Trinajstić information content (AvgIpc) is 3.28. The van der Waals surface area contributed by atoms with Crippen LogP contribution in [0.4, 0.5) is 0 Å². The fourth-order valence-electron chi connectivity index (χ4n) is 2.96. The molecule has 5 rings (SSSR count). The first-order valence-electron chi connectivity index (χ1n) is 7.52. The molecule has 3 aliphatic heterocycles. The summed E-state index contributed by atoms with van der Waals surface area (Å²) in [7, 11) is 0. The lowest BCUT2D eigenvalue weighted by Crippen LogP contribution is -2.30. The van der Waals surface area contributed by atoms with Gasteiger partial charge in [0.1, 0.15) is 10.4 Å². The van der Waals surface area contributed by atoms with Crippen LogP contribution in [0.25, 0.3) is 0 Å². The van der Waals surface area contributed by atoms with Gasteiger partial charge in [-0.3, -0.25) is 5.01 Å². The smallest absolute Gasteiger partial charge is 0.231 e. The zero-order valence-electron chi connectivity index (χ0n) is 12.4. The molecule has 6 nitrogen and oxygen atoms in total. The zero-order chi connectivity index (χ0) is 15.4. The Balaban J connectivity index is 1.54. The van der Waals surface area contributed by atoms with E-state index < -0.39 is 0 Å². The molecule has 1 atom stereocenters. The molecule has 0 saturated carbocycles. The molecule has 0 aliphatic carbocycles. The minimum atomic E-state index is 0.167. The van der Waals surface area contributed by atoms with Gasteiger partial charge in [0, 0.05) is 11.8 Å². The van der Waals surface area contributed by atoms with Crippen LogP contribution in [0.3, 0.4) is 0 Å². The number of hydrogen-bond donors (Lipinski definition) is 0. The molecule has 118 valence electrons. The monoisotopic (exact) mass is 346 g/mol. The van der Waals surface area contributed by atoms with Gasteiger partial charge in [0.25, 0.3) is 0 Å². The molecule has 1 aromatic heterocycles.